The number of nitrogens with one attached hydrogen (secondary N) is 1. The van der Waals surface area contributed by atoms with Crippen molar-refractivity contribution in [2.24, 2.45) is 5.92 Å². The van der Waals surface area contributed by atoms with Crippen LogP contribution >= 0.6 is 0 Å². The number of hydrogen-bond donors (Lipinski definition) is 1. The molecular weight excluding hydrogens is 271 g/mol. The Morgan fingerprint density at radius 3 is 2.57 bits per heavy atom. The van der Waals surface area contributed by atoms with Crippen molar-refractivity contribution < 1.29 is 14.0 Å². The number of nitrogens with zero attached hydrogens (tertiary/aromatic N) is 1. The average molecular weight is 290 g/mol. The number of halogens is 1. The molecule has 2 aliphatic rings. The average Bonchev–Trinajstić information content (AvgIpc) is 3.25. The van der Waals surface area contributed by atoms with Crippen LogP contribution in [0.15, 0.2) is 24.3 Å². The second kappa shape index (κ2) is 4.83. The molecule has 1 N–H and O–H groups in total. The molecule has 5 heteroatoms. The largest absolute Gasteiger partial charge is 0.342 e. The second-order valence-electron chi connectivity index (χ2n) is 6.36. The summed E-state index contributed by atoms with van der Waals surface area (Å²) in [6, 6.07) is 5.92. The van der Waals surface area contributed by atoms with Crippen molar-refractivity contribution in [2.75, 3.05) is 0 Å². The molecule has 4 nitrogen and oxygen atoms in total. The molecule has 1 atom stereocenters. The third-order valence-corrected chi connectivity index (χ3v) is 4.43. The first kappa shape index (κ1) is 14.0. The van der Waals surface area contributed by atoms with E-state index >= 15 is 0 Å². The summed E-state index contributed by atoms with van der Waals surface area (Å²) in [5, 5.41) is 2.82. The summed E-state index contributed by atoms with van der Waals surface area (Å²) in [4.78, 5) is 26.5. The molecule has 0 spiro atoms. The van der Waals surface area contributed by atoms with E-state index < -0.39 is 11.6 Å². The van der Waals surface area contributed by atoms with Gasteiger partial charge in [0.05, 0.1) is 0 Å². The van der Waals surface area contributed by atoms with Crippen LogP contribution in [0.5, 0.6) is 0 Å². The Balaban J connectivity index is 1.90. The molecule has 1 aliphatic carbocycles. The first-order valence-electron chi connectivity index (χ1n) is 7.27. The Kier molecular flexibility index (Phi) is 3.23. The van der Waals surface area contributed by atoms with Crippen LogP contribution in [0, 0.1) is 11.7 Å². The zero-order valence-corrected chi connectivity index (χ0v) is 12.2. The number of hydrogen-bond acceptors (Lipinski definition) is 2. The fourth-order valence-corrected chi connectivity index (χ4v) is 2.77. The number of piperazine rings is 1. The van der Waals surface area contributed by atoms with Crippen molar-refractivity contribution in [2.45, 2.75) is 44.8 Å². The topological polar surface area (TPSA) is 49.4 Å². The standard InChI is InChI=1S/C16H19FN2O2/c1-16(2)15(21)18-13(10-7-8-10)14(20)19(16)9-11-5-3-4-6-12(11)17/h3-6,10,13H,7-9H2,1-2H3,(H,18,21). The van der Waals surface area contributed by atoms with Gasteiger partial charge in [-0.1, -0.05) is 18.2 Å². The molecule has 3 rings (SSSR count). The number of carbonyl (C=O) groups is 2. The van der Waals surface area contributed by atoms with Crippen molar-refractivity contribution in [1.82, 2.24) is 10.2 Å². The van der Waals surface area contributed by atoms with E-state index in [-0.39, 0.29) is 30.1 Å². The van der Waals surface area contributed by atoms with Crippen molar-refractivity contribution in [3.8, 4) is 0 Å². The van der Waals surface area contributed by atoms with Crippen LogP contribution in [0.1, 0.15) is 32.3 Å². The van der Waals surface area contributed by atoms with Crippen molar-refractivity contribution >= 4 is 11.8 Å². The number of benzene rings is 1. The lowest BCUT2D eigenvalue weighted by Gasteiger charge is -2.44. The third kappa shape index (κ3) is 2.41. The van der Waals surface area contributed by atoms with E-state index in [1.807, 2.05) is 0 Å². The van der Waals surface area contributed by atoms with E-state index in [1.54, 1.807) is 32.0 Å². The monoisotopic (exact) mass is 290 g/mol. The van der Waals surface area contributed by atoms with Crippen LogP contribution in [-0.2, 0) is 16.1 Å². The summed E-state index contributed by atoms with van der Waals surface area (Å²) in [7, 11) is 0. The lowest BCUT2D eigenvalue weighted by Crippen LogP contribution is -2.68. The van der Waals surface area contributed by atoms with Crippen LogP contribution in [-0.4, -0.2) is 28.3 Å². The van der Waals surface area contributed by atoms with Gasteiger partial charge in [0.2, 0.25) is 11.8 Å². The van der Waals surface area contributed by atoms with Crippen LogP contribution < -0.4 is 5.32 Å². The first-order chi connectivity index (χ1) is 9.91. The third-order valence-electron chi connectivity index (χ3n) is 4.43. The maximum Gasteiger partial charge on any atom is 0.246 e. The minimum absolute atomic E-state index is 0.106. The van der Waals surface area contributed by atoms with Crippen LogP contribution in [0.4, 0.5) is 4.39 Å². The van der Waals surface area contributed by atoms with Gasteiger partial charge >= 0.3 is 0 Å². The Labute approximate surface area is 123 Å². The maximum absolute atomic E-state index is 13.9. The quantitative estimate of drug-likeness (QED) is 0.923. The van der Waals surface area contributed by atoms with Crippen LogP contribution in [0.25, 0.3) is 0 Å². The van der Waals surface area contributed by atoms with Gasteiger partial charge in [-0.25, -0.2) is 4.39 Å². The molecule has 2 amide bonds. The van der Waals surface area contributed by atoms with E-state index in [9.17, 15) is 14.0 Å². The fraction of sp³-hybridized carbons (Fsp3) is 0.500. The Hall–Kier alpha value is -1.91. The van der Waals surface area contributed by atoms with Gasteiger partial charge < -0.3 is 10.2 Å². The molecule has 1 heterocycles. The van der Waals surface area contributed by atoms with Gasteiger partial charge in [-0.2, -0.15) is 0 Å². The first-order valence-corrected chi connectivity index (χ1v) is 7.27. The van der Waals surface area contributed by atoms with Gasteiger partial charge in [-0.05, 0) is 38.7 Å². The Morgan fingerprint density at radius 1 is 1.29 bits per heavy atom. The zero-order chi connectivity index (χ0) is 15.2. The molecule has 1 aromatic carbocycles. The number of carbonyl (C=O) groups excluding carboxylic acids is 2. The smallest absolute Gasteiger partial charge is 0.246 e. The summed E-state index contributed by atoms with van der Waals surface area (Å²) in [5.41, 5.74) is -0.534. The highest BCUT2D eigenvalue weighted by Gasteiger charge is 2.50. The van der Waals surface area contributed by atoms with E-state index in [2.05, 4.69) is 5.32 Å². The van der Waals surface area contributed by atoms with Crippen LogP contribution in [0.3, 0.4) is 0 Å². The predicted octanol–water partition coefficient (Wildman–Crippen LogP) is 1.84. The van der Waals surface area contributed by atoms with Crippen molar-refractivity contribution in [1.29, 1.82) is 0 Å². The zero-order valence-electron chi connectivity index (χ0n) is 12.2. The van der Waals surface area contributed by atoms with Gasteiger partial charge in [0.1, 0.15) is 17.4 Å². The molecule has 21 heavy (non-hydrogen) atoms. The lowest BCUT2D eigenvalue weighted by molar-refractivity contribution is -0.156. The fourth-order valence-electron chi connectivity index (χ4n) is 2.77. The van der Waals surface area contributed by atoms with Gasteiger partial charge in [0, 0.05) is 12.1 Å². The van der Waals surface area contributed by atoms with Crippen molar-refractivity contribution in [3.63, 3.8) is 0 Å². The number of amides is 2. The highest BCUT2D eigenvalue weighted by Crippen LogP contribution is 2.37. The molecule has 0 radical (unpaired) electrons. The van der Waals surface area contributed by atoms with E-state index in [0.717, 1.165) is 12.8 Å². The SMILES string of the molecule is CC1(C)C(=O)NC(C2CC2)C(=O)N1Cc1ccccc1F. The van der Waals surface area contributed by atoms with Gasteiger partial charge in [0.15, 0.2) is 0 Å². The van der Waals surface area contributed by atoms with E-state index in [1.165, 1.54) is 11.0 Å². The Bertz CT molecular complexity index is 596. The summed E-state index contributed by atoms with van der Waals surface area (Å²) in [5.74, 6) is -0.392. The highest BCUT2D eigenvalue weighted by molar-refractivity contribution is 5.99. The Morgan fingerprint density at radius 2 is 1.95 bits per heavy atom. The molecule has 1 unspecified atom stereocenters. The van der Waals surface area contributed by atoms with Gasteiger partial charge in [-0.3, -0.25) is 9.59 Å². The summed E-state index contributed by atoms with van der Waals surface area (Å²) < 4.78 is 13.9. The van der Waals surface area contributed by atoms with E-state index in [4.69, 9.17) is 0 Å². The van der Waals surface area contributed by atoms with Crippen molar-refractivity contribution in [3.05, 3.63) is 35.6 Å². The molecule has 2 fully saturated rings. The number of rotatable bonds is 3. The summed E-state index contributed by atoms with van der Waals surface area (Å²) in [6.07, 6.45) is 1.93. The minimum Gasteiger partial charge on any atom is -0.342 e. The second-order valence-corrected chi connectivity index (χ2v) is 6.36. The molecule has 0 aromatic heterocycles. The lowest BCUT2D eigenvalue weighted by atomic mass is 9.93. The van der Waals surface area contributed by atoms with Gasteiger partial charge in [0.25, 0.3) is 0 Å². The van der Waals surface area contributed by atoms with E-state index in [0.29, 0.717) is 5.56 Å². The summed E-state index contributed by atoms with van der Waals surface area (Å²) >= 11 is 0. The summed E-state index contributed by atoms with van der Waals surface area (Å²) in [6.45, 7) is 3.52. The minimum atomic E-state index is -0.968. The molecule has 1 saturated heterocycles. The highest BCUT2D eigenvalue weighted by atomic mass is 19.1. The molecule has 1 saturated carbocycles. The molecular formula is C16H19FN2O2. The van der Waals surface area contributed by atoms with Gasteiger partial charge in [-0.15, -0.1) is 0 Å². The molecule has 1 aromatic rings. The molecule has 112 valence electrons. The molecule has 1 aliphatic heterocycles. The maximum atomic E-state index is 13.9. The van der Waals surface area contributed by atoms with Crippen LogP contribution in [0.2, 0.25) is 0 Å². The normalized spacial score (nSPS) is 24.9. The predicted molar refractivity (Wildman–Crippen MR) is 75.7 cm³/mol. The molecule has 0 bridgehead atoms.